The van der Waals surface area contributed by atoms with Crippen LogP contribution in [0.3, 0.4) is 0 Å². The molecule has 1 aliphatic rings. The lowest BCUT2D eigenvalue weighted by molar-refractivity contribution is -0.119. The Bertz CT molecular complexity index is 1090. The van der Waals surface area contributed by atoms with Crippen LogP contribution >= 0.6 is 0 Å². The van der Waals surface area contributed by atoms with Gasteiger partial charge in [0.25, 0.3) is 5.91 Å². The van der Waals surface area contributed by atoms with E-state index < -0.39 is 6.04 Å². The first kappa shape index (κ1) is 22.8. The molecule has 2 heterocycles. The monoisotopic (exact) mass is 449 g/mol. The summed E-state index contributed by atoms with van der Waals surface area (Å²) in [7, 11) is 0. The molecule has 0 spiro atoms. The minimum absolute atomic E-state index is 0.100. The summed E-state index contributed by atoms with van der Waals surface area (Å²) in [6.07, 6.45) is 7.07. The van der Waals surface area contributed by atoms with Gasteiger partial charge in [-0.25, -0.2) is 0 Å². The summed E-state index contributed by atoms with van der Waals surface area (Å²) >= 11 is 0. The zero-order valence-electron chi connectivity index (χ0n) is 19.4. The highest BCUT2D eigenvalue weighted by Gasteiger charge is 2.32. The lowest BCUT2D eigenvalue weighted by Gasteiger charge is -2.30. The van der Waals surface area contributed by atoms with Crippen LogP contribution in [0.4, 0.5) is 5.69 Å². The first-order valence-electron chi connectivity index (χ1n) is 11.6. The molecule has 0 unspecified atom stereocenters. The molecular weight excluding hydrogens is 418 g/mol. The maximum Gasteiger partial charge on any atom is 0.257 e. The fourth-order valence-corrected chi connectivity index (χ4v) is 4.70. The average molecular weight is 450 g/mol. The Hall–Kier alpha value is -3.42. The second kappa shape index (κ2) is 10.0. The smallest absolute Gasteiger partial charge is 0.257 e. The van der Waals surface area contributed by atoms with Gasteiger partial charge >= 0.3 is 0 Å². The second-order valence-electron chi connectivity index (χ2n) is 8.75. The van der Waals surface area contributed by atoms with Crippen molar-refractivity contribution in [2.75, 3.05) is 5.32 Å². The van der Waals surface area contributed by atoms with Crippen molar-refractivity contribution in [2.45, 2.75) is 65.3 Å². The Kier molecular flexibility index (Phi) is 6.91. The van der Waals surface area contributed by atoms with E-state index in [0.717, 1.165) is 48.2 Å². The van der Waals surface area contributed by atoms with Crippen molar-refractivity contribution in [3.63, 3.8) is 0 Å². The number of hydrogen-bond donors (Lipinski definition) is 3. The van der Waals surface area contributed by atoms with Gasteiger partial charge in [0.2, 0.25) is 5.91 Å². The largest absolute Gasteiger partial charge is 0.364 e. The second-order valence-corrected chi connectivity index (χ2v) is 8.75. The van der Waals surface area contributed by atoms with Crippen LogP contribution in [-0.2, 0) is 11.2 Å². The van der Waals surface area contributed by atoms with E-state index in [-0.39, 0.29) is 17.7 Å². The molecule has 0 saturated heterocycles. The van der Waals surface area contributed by atoms with Crippen molar-refractivity contribution in [1.29, 1.82) is 0 Å². The van der Waals surface area contributed by atoms with Gasteiger partial charge in [0, 0.05) is 16.9 Å². The molecule has 0 bridgehead atoms. The van der Waals surface area contributed by atoms with E-state index in [0.29, 0.717) is 23.4 Å². The number of rotatable bonds is 7. The molecule has 3 aromatic rings. The highest BCUT2D eigenvalue weighted by molar-refractivity contribution is 6.01. The number of nitrogens with zero attached hydrogens (tertiary/aromatic N) is 2. The van der Waals surface area contributed by atoms with Crippen LogP contribution in [0.5, 0.6) is 0 Å². The first-order chi connectivity index (χ1) is 16.0. The maximum absolute atomic E-state index is 13.3. The van der Waals surface area contributed by atoms with Gasteiger partial charge in [-0.3, -0.25) is 14.7 Å². The number of hydrogen-bond acceptors (Lipinski definition) is 5. The molecule has 1 atom stereocenters. The van der Waals surface area contributed by atoms with E-state index in [1.165, 1.54) is 12.7 Å². The zero-order valence-corrected chi connectivity index (χ0v) is 19.4. The zero-order chi connectivity index (χ0) is 23.4. The molecule has 1 aliphatic carbocycles. The van der Waals surface area contributed by atoms with Crippen molar-refractivity contribution in [2.24, 2.45) is 5.92 Å². The van der Waals surface area contributed by atoms with Crippen molar-refractivity contribution in [1.82, 2.24) is 20.7 Å². The third-order valence-corrected chi connectivity index (χ3v) is 6.48. The number of amides is 2. The minimum Gasteiger partial charge on any atom is -0.364 e. The van der Waals surface area contributed by atoms with Gasteiger partial charge in [-0.15, -0.1) is 0 Å². The highest BCUT2D eigenvalue weighted by atomic mass is 16.5. The van der Waals surface area contributed by atoms with Crippen LogP contribution in [0.1, 0.15) is 66.5 Å². The van der Waals surface area contributed by atoms with E-state index in [1.54, 1.807) is 0 Å². The predicted molar refractivity (Wildman–Crippen MR) is 126 cm³/mol. The molecule has 0 aliphatic heterocycles. The predicted octanol–water partition coefficient (Wildman–Crippen LogP) is 4.56. The Morgan fingerprint density at radius 3 is 2.52 bits per heavy atom. The number of aryl methyl sites for hydroxylation is 3. The normalized spacial score (nSPS) is 15.2. The molecule has 174 valence electrons. The summed E-state index contributed by atoms with van der Waals surface area (Å²) in [5, 5.41) is 17.1. The van der Waals surface area contributed by atoms with Gasteiger partial charge in [-0.1, -0.05) is 43.5 Å². The third kappa shape index (κ3) is 4.99. The Balaban J connectivity index is 1.51. The topological polar surface area (TPSA) is 113 Å². The van der Waals surface area contributed by atoms with Gasteiger partial charge in [-0.2, -0.15) is 5.10 Å². The Morgan fingerprint density at radius 1 is 1.15 bits per heavy atom. The van der Waals surface area contributed by atoms with E-state index >= 15 is 0 Å². The fourth-order valence-electron chi connectivity index (χ4n) is 4.70. The third-order valence-electron chi connectivity index (χ3n) is 6.48. The lowest BCUT2D eigenvalue weighted by Crippen LogP contribution is -2.49. The van der Waals surface area contributed by atoms with Crippen molar-refractivity contribution in [3.8, 4) is 11.1 Å². The van der Waals surface area contributed by atoms with Gasteiger partial charge in [-0.05, 0) is 56.7 Å². The van der Waals surface area contributed by atoms with Crippen molar-refractivity contribution < 1.29 is 14.1 Å². The van der Waals surface area contributed by atoms with Gasteiger partial charge < -0.3 is 15.2 Å². The average Bonchev–Trinajstić information content (AvgIpc) is 3.44. The molecule has 8 nitrogen and oxygen atoms in total. The highest BCUT2D eigenvalue weighted by Crippen LogP contribution is 2.29. The summed E-state index contributed by atoms with van der Waals surface area (Å²) in [6, 6.07) is 7.09. The number of H-pyrrole nitrogens is 1. The van der Waals surface area contributed by atoms with E-state index in [4.69, 9.17) is 4.52 Å². The van der Waals surface area contributed by atoms with Crippen LogP contribution in [0.25, 0.3) is 11.1 Å². The SMILES string of the molecule is CCc1nocc1C(=O)N[C@H](C(=O)Nc1ccc(-c2c(C)n[nH]c2C)cc1)C1CCCCC1. The van der Waals surface area contributed by atoms with Crippen molar-refractivity contribution in [3.05, 3.63) is 53.2 Å². The number of anilines is 1. The molecule has 1 aromatic carbocycles. The van der Waals surface area contributed by atoms with Gasteiger partial charge in [0.15, 0.2) is 0 Å². The van der Waals surface area contributed by atoms with Crippen LogP contribution in [-0.4, -0.2) is 33.2 Å². The van der Waals surface area contributed by atoms with Gasteiger partial charge in [0.05, 0.1) is 11.4 Å². The molecule has 2 amide bonds. The summed E-state index contributed by atoms with van der Waals surface area (Å²) in [5.41, 5.74) is 5.72. The first-order valence-corrected chi connectivity index (χ1v) is 11.6. The van der Waals surface area contributed by atoms with Crippen LogP contribution in [0, 0.1) is 19.8 Å². The summed E-state index contributed by atoms with van der Waals surface area (Å²) in [4.78, 5) is 26.2. The number of benzene rings is 1. The molecule has 8 heteroatoms. The van der Waals surface area contributed by atoms with E-state index in [1.807, 2.05) is 45.0 Å². The quantitative estimate of drug-likeness (QED) is 0.489. The molecular formula is C25H31N5O3. The van der Waals surface area contributed by atoms with Gasteiger partial charge in [0.1, 0.15) is 17.9 Å². The fraction of sp³-hybridized carbons (Fsp3) is 0.440. The Labute approximate surface area is 193 Å². The summed E-state index contributed by atoms with van der Waals surface area (Å²) < 4.78 is 4.98. The van der Waals surface area contributed by atoms with Crippen molar-refractivity contribution >= 4 is 17.5 Å². The molecule has 2 aromatic heterocycles. The van der Waals surface area contributed by atoms with E-state index in [2.05, 4.69) is 26.0 Å². The maximum atomic E-state index is 13.3. The number of aromatic amines is 1. The molecule has 1 saturated carbocycles. The molecule has 4 rings (SSSR count). The Morgan fingerprint density at radius 2 is 1.88 bits per heavy atom. The van der Waals surface area contributed by atoms with Crippen LogP contribution in [0.15, 0.2) is 35.1 Å². The number of aromatic nitrogens is 3. The number of carbonyl (C=O) groups excluding carboxylic acids is 2. The van der Waals surface area contributed by atoms with E-state index in [9.17, 15) is 9.59 Å². The minimum atomic E-state index is -0.615. The molecule has 3 N–H and O–H groups in total. The summed E-state index contributed by atoms with van der Waals surface area (Å²) in [5.74, 6) is -0.420. The molecule has 33 heavy (non-hydrogen) atoms. The number of carbonyl (C=O) groups is 2. The molecule has 1 fully saturated rings. The summed E-state index contributed by atoms with van der Waals surface area (Å²) in [6.45, 7) is 5.86. The van der Waals surface area contributed by atoms with Crippen LogP contribution < -0.4 is 10.6 Å². The number of nitrogens with one attached hydrogen (secondary N) is 3. The standard InChI is InChI=1S/C25H31N5O3/c1-4-21-20(14-33-30-21)24(31)27-23(18-8-6-5-7-9-18)25(32)26-19-12-10-17(11-13-19)22-15(2)28-29-16(22)3/h10-14,18,23H,4-9H2,1-3H3,(H,26,32)(H,27,31)(H,28,29)/t23-/m0/s1. The lowest BCUT2D eigenvalue weighted by atomic mass is 9.83. The van der Waals surface area contributed by atoms with Crippen LogP contribution in [0.2, 0.25) is 0 Å². The molecule has 0 radical (unpaired) electrons.